The topological polar surface area (TPSA) is 0 Å². The van der Waals surface area contributed by atoms with Crippen molar-refractivity contribution in [2.45, 2.75) is 59.3 Å². The first-order valence-corrected chi connectivity index (χ1v) is 7.04. The molecule has 2 rings (SSSR count). The minimum Gasteiger partial charge on any atom is -0.0845 e. The first-order chi connectivity index (χ1) is 7.66. The highest BCUT2D eigenvalue weighted by Gasteiger charge is 2.20. The van der Waals surface area contributed by atoms with Gasteiger partial charge in [-0.1, -0.05) is 44.1 Å². The van der Waals surface area contributed by atoms with Crippen molar-refractivity contribution in [1.29, 1.82) is 0 Å². The van der Waals surface area contributed by atoms with Gasteiger partial charge in [0, 0.05) is 0 Å². The maximum Gasteiger partial charge on any atom is -0.00215 e. The van der Waals surface area contributed by atoms with Gasteiger partial charge in [0.15, 0.2) is 0 Å². The summed E-state index contributed by atoms with van der Waals surface area (Å²) in [6, 6.07) is 0. The van der Waals surface area contributed by atoms with E-state index in [1.807, 2.05) is 0 Å². The third-order valence-electron chi connectivity index (χ3n) is 4.53. The largest absolute Gasteiger partial charge is 0.0845 e. The quantitative estimate of drug-likeness (QED) is 0.565. The van der Waals surface area contributed by atoms with E-state index in [2.05, 4.69) is 32.9 Å². The summed E-state index contributed by atoms with van der Waals surface area (Å²) < 4.78 is 0. The number of rotatable bonds is 2. The maximum atomic E-state index is 2.53. The van der Waals surface area contributed by atoms with Gasteiger partial charge in [-0.2, -0.15) is 0 Å². The smallest absolute Gasteiger partial charge is 0.00215 e. The van der Waals surface area contributed by atoms with E-state index in [4.69, 9.17) is 0 Å². The molecule has 90 valence electrons. The van der Waals surface area contributed by atoms with E-state index >= 15 is 0 Å². The Hall–Kier alpha value is -0.520. The van der Waals surface area contributed by atoms with Gasteiger partial charge in [-0.25, -0.2) is 0 Å². The number of allylic oxidation sites excluding steroid dienone is 4. The molecule has 2 aliphatic carbocycles. The summed E-state index contributed by atoms with van der Waals surface area (Å²) in [5.74, 6) is 2.56. The van der Waals surface area contributed by atoms with Crippen LogP contribution in [0.15, 0.2) is 23.3 Å². The zero-order chi connectivity index (χ0) is 11.5. The van der Waals surface area contributed by atoms with E-state index in [-0.39, 0.29) is 0 Å². The van der Waals surface area contributed by atoms with Gasteiger partial charge in [-0.05, 0) is 56.3 Å². The van der Waals surface area contributed by atoms with Crippen LogP contribution in [0, 0.1) is 17.8 Å². The monoisotopic (exact) mass is 218 g/mol. The molecule has 0 aromatic heterocycles. The molecule has 0 aromatic rings. The van der Waals surface area contributed by atoms with Gasteiger partial charge in [0.2, 0.25) is 0 Å². The van der Waals surface area contributed by atoms with Crippen LogP contribution in [0.1, 0.15) is 59.3 Å². The average molecular weight is 218 g/mol. The third-order valence-corrected chi connectivity index (χ3v) is 4.53. The van der Waals surface area contributed by atoms with E-state index in [0.29, 0.717) is 0 Å². The van der Waals surface area contributed by atoms with Crippen molar-refractivity contribution < 1.29 is 0 Å². The Labute approximate surface area is 101 Å². The maximum absolute atomic E-state index is 2.53. The predicted molar refractivity (Wildman–Crippen MR) is 71.4 cm³/mol. The molecular weight excluding hydrogens is 192 g/mol. The Morgan fingerprint density at radius 3 is 1.69 bits per heavy atom. The highest BCUT2D eigenvalue weighted by Crippen LogP contribution is 2.35. The molecule has 0 aliphatic heterocycles. The lowest BCUT2D eigenvalue weighted by Crippen LogP contribution is -2.13. The number of hydrogen-bond donors (Lipinski definition) is 0. The first-order valence-electron chi connectivity index (χ1n) is 7.04. The molecule has 2 aliphatic rings. The second-order valence-corrected chi connectivity index (χ2v) is 6.04. The van der Waals surface area contributed by atoms with Gasteiger partial charge in [0.25, 0.3) is 0 Å². The second kappa shape index (κ2) is 5.21. The summed E-state index contributed by atoms with van der Waals surface area (Å²) in [5, 5.41) is 0. The molecule has 0 aromatic carbocycles. The van der Waals surface area contributed by atoms with Gasteiger partial charge in [-0.3, -0.25) is 0 Å². The highest BCUT2D eigenvalue weighted by atomic mass is 14.3. The average Bonchev–Trinajstić information content (AvgIpc) is 2.30. The van der Waals surface area contributed by atoms with Crippen LogP contribution in [0.5, 0.6) is 0 Å². The van der Waals surface area contributed by atoms with Crippen LogP contribution in [0.25, 0.3) is 0 Å². The fraction of sp³-hybridized carbons (Fsp3) is 0.750. The van der Waals surface area contributed by atoms with Crippen LogP contribution in [0.3, 0.4) is 0 Å². The Balaban J connectivity index is 1.99. The van der Waals surface area contributed by atoms with Crippen LogP contribution in [-0.4, -0.2) is 0 Å². The molecule has 16 heavy (non-hydrogen) atoms. The third kappa shape index (κ3) is 2.78. The van der Waals surface area contributed by atoms with Crippen molar-refractivity contribution in [3.8, 4) is 0 Å². The van der Waals surface area contributed by atoms with Crippen LogP contribution >= 0.6 is 0 Å². The lowest BCUT2D eigenvalue weighted by atomic mass is 9.78. The summed E-state index contributed by atoms with van der Waals surface area (Å²) >= 11 is 0. The fourth-order valence-electron chi connectivity index (χ4n) is 3.00. The molecule has 2 atom stereocenters. The Bertz CT molecular complexity index is 265. The summed E-state index contributed by atoms with van der Waals surface area (Å²) in [6.45, 7) is 7.17. The molecule has 0 bridgehead atoms. The van der Waals surface area contributed by atoms with Crippen molar-refractivity contribution in [3.05, 3.63) is 23.3 Å². The van der Waals surface area contributed by atoms with Crippen molar-refractivity contribution in [2.75, 3.05) is 0 Å². The lowest BCUT2D eigenvalue weighted by molar-refractivity contribution is 0.468. The molecule has 0 nitrogen and oxygen atoms in total. The molecule has 0 spiro atoms. The normalized spacial score (nSPS) is 32.9. The minimum absolute atomic E-state index is 0.736. The van der Waals surface area contributed by atoms with E-state index in [1.54, 1.807) is 11.1 Å². The highest BCUT2D eigenvalue weighted by molar-refractivity contribution is 5.23. The van der Waals surface area contributed by atoms with Crippen molar-refractivity contribution in [1.82, 2.24) is 0 Å². The summed E-state index contributed by atoms with van der Waals surface area (Å²) in [4.78, 5) is 0. The van der Waals surface area contributed by atoms with Gasteiger partial charge in [0.1, 0.15) is 0 Å². The van der Waals surface area contributed by atoms with E-state index in [0.717, 1.165) is 17.8 Å². The summed E-state index contributed by atoms with van der Waals surface area (Å²) in [7, 11) is 0. The summed E-state index contributed by atoms with van der Waals surface area (Å²) in [6.07, 6.45) is 13.2. The molecule has 0 heteroatoms. The van der Waals surface area contributed by atoms with Gasteiger partial charge < -0.3 is 0 Å². The van der Waals surface area contributed by atoms with Crippen LogP contribution in [-0.2, 0) is 0 Å². The number of hydrogen-bond acceptors (Lipinski definition) is 0. The van der Waals surface area contributed by atoms with E-state index in [9.17, 15) is 0 Å². The molecule has 0 fully saturated rings. The van der Waals surface area contributed by atoms with Gasteiger partial charge >= 0.3 is 0 Å². The van der Waals surface area contributed by atoms with E-state index in [1.165, 1.54) is 38.5 Å². The predicted octanol–water partition coefficient (Wildman–Crippen LogP) is 5.12. The SMILES string of the molecule is CC1CC=C(C(C)C2=CCC(C)CC2)CC1. The van der Waals surface area contributed by atoms with Gasteiger partial charge in [0.05, 0.1) is 0 Å². The van der Waals surface area contributed by atoms with Crippen molar-refractivity contribution in [2.24, 2.45) is 17.8 Å². The molecule has 0 radical (unpaired) electrons. The Kier molecular flexibility index (Phi) is 3.89. The second-order valence-electron chi connectivity index (χ2n) is 6.04. The summed E-state index contributed by atoms with van der Waals surface area (Å²) in [5.41, 5.74) is 3.44. The van der Waals surface area contributed by atoms with Crippen LogP contribution < -0.4 is 0 Å². The zero-order valence-electron chi connectivity index (χ0n) is 11.1. The molecule has 2 unspecified atom stereocenters. The molecule has 0 heterocycles. The van der Waals surface area contributed by atoms with Crippen LogP contribution in [0.2, 0.25) is 0 Å². The zero-order valence-corrected chi connectivity index (χ0v) is 11.1. The molecule has 0 amide bonds. The Morgan fingerprint density at radius 1 is 0.938 bits per heavy atom. The standard InChI is InChI=1S/C16H26/c1-12-4-8-15(9-5-12)14(3)16-10-6-13(2)7-11-16/h8,10,12-14H,4-7,9,11H2,1-3H3. The van der Waals surface area contributed by atoms with Gasteiger partial charge in [-0.15, -0.1) is 0 Å². The lowest BCUT2D eigenvalue weighted by Gasteiger charge is -2.28. The van der Waals surface area contributed by atoms with Crippen molar-refractivity contribution >= 4 is 0 Å². The fourth-order valence-corrected chi connectivity index (χ4v) is 3.00. The first kappa shape index (κ1) is 12.0. The van der Waals surface area contributed by atoms with E-state index < -0.39 is 0 Å². The molecular formula is C16H26. The Morgan fingerprint density at radius 2 is 1.38 bits per heavy atom. The molecule has 0 saturated heterocycles. The molecule has 0 N–H and O–H groups in total. The molecule has 0 saturated carbocycles. The minimum atomic E-state index is 0.736. The van der Waals surface area contributed by atoms with Crippen LogP contribution in [0.4, 0.5) is 0 Å². The van der Waals surface area contributed by atoms with Crippen molar-refractivity contribution in [3.63, 3.8) is 0 Å².